The number of carbonyl (C=O) groups is 1. The van der Waals surface area contributed by atoms with E-state index in [1.54, 1.807) is 12.1 Å². The average molecular weight is 415 g/mol. The second-order valence-corrected chi connectivity index (χ2v) is 6.57. The molecule has 0 spiro atoms. The van der Waals surface area contributed by atoms with Gasteiger partial charge in [0.1, 0.15) is 17.1 Å². The molecule has 3 aromatic rings. The number of amides is 1. The highest BCUT2D eigenvalue weighted by atomic mass is 79.9. The zero-order valence-electron chi connectivity index (χ0n) is 13.9. The van der Waals surface area contributed by atoms with Crippen molar-refractivity contribution in [3.05, 3.63) is 88.3 Å². The standard InChI is InChI=1S/C20H16BrFN2O2/c1-13(14-4-6-15(21)7-5-14)24-19(25)18-3-2-12-23-20(18)26-17-10-8-16(22)9-11-17/h2-13H,1H3,(H,24,25). The van der Waals surface area contributed by atoms with Gasteiger partial charge < -0.3 is 10.1 Å². The fourth-order valence-electron chi connectivity index (χ4n) is 2.37. The van der Waals surface area contributed by atoms with Crippen LogP contribution in [0.1, 0.15) is 28.9 Å². The third-order valence-corrected chi connectivity index (χ3v) is 4.29. The molecule has 1 N–H and O–H groups in total. The van der Waals surface area contributed by atoms with E-state index in [1.165, 1.54) is 30.5 Å². The summed E-state index contributed by atoms with van der Waals surface area (Å²) >= 11 is 3.39. The molecule has 1 heterocycles. The van der Waals surface area contributed by atoms with Crippen LogP contribution in [0, 0.1) is 5.82 Å². The monoisotopic (exact) mass is 414 g/mol. The van der Waals surface area contributed by atoms with Gasteiger partial charge in [0.05, 0.1) is 6.04 Å². The molecule has 1 atom stereocenters. The molecule has 0 aliphatic rings. The van der Waals surface area contributed by atoms with Crippen molar-refractivity contribution in [2.24, 2.45) is 0 Å². The number of nitrogens with zero attached hydrogens (tertiary/aromatic N) is 1. The molecule has 2 aromatic carbocycles. The summed E-state index contributed by atoms with van der Waals surface area (Å²) in [6, 6.07) is 16.4. The van der Waals surface area contributed by atoms with Crippen molar-refractivity contribution in [2.75, 3.05) is 0 Å². The number of aromatic nitrogens is 1. The maximum absolute atomic E-state index is 13.0. The molecule has 0 saturated heterocycles. The van der Waals surface area contributed by atoms with E-state index in [0.717, 1.165) is 10.0 Å². The van der Waals surface area contributed by atoms with Crippen LogP contribution in [0.5, 0.6) is 11.6 Å². The summed E-state index contributed by atoms with van der Waals surface area (Å²) in [5, 5.41) is 2.93. The Morgan fingerprint density at radius 2 is 1.81 bits per heavy atom. The van der Waals surface area contributed by atoms with E-state index in [0.29, 0.717) is 11.3 Å². The fraction of sp³-hybridized carbons (Fsp3) is 0.100. The molecule has 0 aliphatic heterocycles. The molecule has 0 radical (unpaired) electrons. The molecule has 0 saturated carbocycles. The molecule has 26 heavy (non-hydrogen) atoms. The molecule has 1 unspecified atom stereocenters. The predicted molar refractivity (Wildman–Crippen MR) is 101 cm³/mol. The molecule has 132 valence electrons. The third kappa shape index (κ3) is 4.46. The summed E-state index contributed by atoms with van der Waals surface area (Å²) in [7, 11) is 0. The Morgan fingerprint density at radius 3 is 2.50 bits per heavy atom. The summed E-state index contributed by atoms with van der Waals surface area (Å²) in [5.41, 5.74) is 1.28. The second kappa shape index (κ2) is 8.10. The van der Waals surface area contributed by atoms with Gasteiger partial charge in [-0.1, -0.05) is 28.1 Å². The highest BCUT2D eigenvalue weighted by Crippen LogP contribution is 2.24. The van der Waals surface area contributed by atoms with Crippen molar-refractivity contribution in [3.8, 4) is 11.6 Å². The molecule has 1 amide bonds. The van der Waals surface area contributed by atoms with Crippen molar-refractivity contribution in [2.45, 2.75) is 13.0 Å². The lowest BCUT2D eigenvalue weighted by Crippen LogP contribution is -2.27. The van der Waals surface area contributed by atoms with Gasteiger partial charge in [0.2, 0.25) is 5.88 Å². The van der Waals surface area contributed by atoms with Crippen LogP contribution in [0.25, 0.3) is 0 Å². The predicted octanol–water partition coefficient (Wildman–Crippen LogP) is 5.27. The minimum absolute atomic E-state index is 0.166. The molecule has 4 nitrogen and oxygen atoms in total. The fourth-order valence-corrected chi connectivity index (χ4v) is 2.63. The number of hydrogen-bond acceptors (Lipinski definition) is 3. The van der Waals surface area contributed by atoms with Crippen molar-refractivity contribution in [1.82, 2.24) is 10.3 Å². The quantitative estimate of drug-likeness (QED) is 0.618. The number of rotatable bonds is 5. The Hall–Kier alpha value is -2.73. The largest absolute Gasteiger partial charge is 0.438 e. The van der Waals surface area contributed by atoms with Crippen molar-refractivity contribution in [1.29, 1.82) is 0 Å². The Bertz CT molecular complexity index is 898. The zero-order valence-corrected chi connectivity index (χ0v) is 15.5. The van der Waals surface area contributed by atoms with Crippen LogP contribution in [0.3, 0.4) is 0 Å². The lowest BCUT2D eigenvalue weighted by Gasteiger charge is -2.16. The third-order valence-electron chi connectivity index (χ3n) is 3.76. The van der Waals surface area contributed by atoms with Gasteiger partial charge in [-0.25, -0.2) is 9.37 Å². The van der Waals surface area contributed by atoms with E-state index in [2.05, 4.69) is 26.2 Å². The molecule has 1 aromatic heterocycles. The first-order chi connectivity index (χ1) is 12.5. The van der Waals surface area contributed by atoms with Gasteiger partial charge in [0.15, 0.2) is 0 Å². The van der Waals surface area contributed by atoms with Crippen molar-refractivity contribution in [3.63, 3.8) is 0 Å². The van der Waals surface area contributed by atoms with E-state index in [1.807, 2.05) is 31.2 Å². The maximum Gasteiger partial charge on any atom is 0.257 e. The smallest absolute Gasteiger partial charge is 0.257 e. The number of ether oxygens (including phenoxy) is 1. The SMILES string of the molecule is CC(NC(=O)c1cccnc1Oc1ccc(F)cc1)c1ccc(Br)cc1. The van der Waals surface area contributed by atoms with E-state index >= 15 is 0 Å². The molecule has 6 heteroatoms. The highest BCUT2D eigenvalue weighted by Gasteiger charge is 2.17. The Labute approximate surface area is 159 Å². The first kappa shape index (κ1) is 18.1. The van der Waals surface area contributed by atoms with Crippen LogP contribution in [0.2, 0.25) is 0 Å². The first-order valence-electron chi connectivity index (χ1n) is 7.97. The summed E-state index contributed by atoms with van der Waals surface area (Å²) in [6.07, 6.45) is 1.54. The summed E-state index contributed by atoms with van der Waals surface area (Å²) in [4.78, 5) is 16.8. The van der Waals surface area contributed by atoms with Crippen LogP contribution in [0.4, 0.5) is 4.39 Å². The molecular weight excluding hydrogens is 399 g/mol. The summed E-state index contributed by atoms with van der Waals surface area (Å²) in [6.45, 7) is 1.90. The lowest BCUT2D eigenvalue weighted by atomic mass is 10.1. The average Bonchev–Trinajstić information content (AvgIpc) is 2.64. The van der Waals surface area contributed by atoms with Crippen LogP contribution >= 0.6 is 15.9 Å². The number of halogens is 2. The van der Waals surface area contributed by atoms with Crippen LogP contribution in [-0.4, -0.2) is 10.9 Å². The Morgan fingerprint density at radius 1 is 1.12 bits per heavy atom. The van der Waals surface area contributed by atoms with Gasteiger partial charge >= 0.3 is 0 Å². The van der Waals surface area contributed by atoms with Gasteiger partial charge in [0, 0.05) is 10.7 Å². The molecular formula is C20H16BrFN2O2. The summed E-state index contributed by atoms with van der Waals surface area (Å²) in [5.74, 6) is -0.0926. The van der Waals surface area contributed by atoms with Crippen molar-refractivity contribution >= 4 is 21.8 Å². The normalized spacial score (nSPS) is 11.7. The number of carbonyl (C=O) groups excluding carboxylic acids is 1. The molecule has 0 fully saturated rings. The van der Waals surface area contributed by atoms with Gasteiger partial charge in [0.25, 0.3) is 5.91 Å². The zero-order chi connectivity index (χ0) is 18.5. The number of nitrogens with one attached hydrogen (secondary N) is 1. The van der Waals surface area contributed by atoms with Gasteiger partial charge in [-0.15, -0.1) is 0 Å². The Balaban J connectivity index is 1.77. The number of hydrogen-bond donors (Lipinski definition) is 1. The minimum atomic E-state index is -0.361. The minimum Gasteiger partial charge on any atom is -0.438 e. The number of benzene rings is 2. The summed E-state index contributed by atoms with van der Waals surface area (Å²) < 4.78 is 19.6. The lowest BCUT2D eigenvalue weighted by molar-refractivity contribution is 0.0937. The molecule has 3 rings (SSSR count). The Kier molecular flexibility index (Phi) is 5.63. The van der Waals surface area contributed by atoms with E-state index < -0.39 is 0 Å². The van der Waals surface area contributed by atoms with Gasteiger partial charge in [-0.2, -0.15) is 0 Å². The van der Waals surface area contributed by atoms with E-state index in [-0.39, 0.29) is 23.6 Å². The maximum atomic E-state index is 13.0. The van der Waals surface area contributed by atoms with Crippen molar-refractivity contribution < 1.29 is 13.9 Å². The topological polar surface area (TPSA) is 51.2 Å². The molecule has 0 aliphatic carbocycles. The number of pyridine rings is 1. The van der Waals surface area contributed by atoms with E-state index in [4.69, 9.17) is 4.74 Å². The van der Waals surface area contributed by atoms with Gasteiger partial charge in [-0.3, -0.25) is 4.79 Å². The van der Waals surface area contributed by atoms with E-state index in [9.17, 15) is 9.18 Å². The second-order valence-electron chi connectivity index (χ2n) is 5.66. The van der Waals surface area contributed by atoms with Crippen LogP contribution < -0.4 is 10.1 Å². The first-order valence-corrected chi connectivity index (χ1v) is 8.77. The van der Waals surface area contributed by atoms with Gasteiger partial charge in [-0.05, 0) is 61.0 Å². The highest BCUT2D eigenvalue weighted by molar-refractivity contribution is 9.10. The molecule has 0 bridgehead atoms. The van der Waals surface area contributed by atoms with Crippen LogP contribution in [0.15, 0.2) is 71.3 Å². The van der Waals surface area contributed by atoms with Crippen LogP contribution in [-0.2, 0) is 0 Å².